The van der Waals surface area contributed by atoms with E-state index in [0.717, 1.165) is 40.3 Å². The maximum absolute atomic E-state index is 6.22. The molecule has 0 unspecified atom stereocenters. The fourth-order valence-corrected chi connectivity index (χ4v) is 2.92. The molecule has 0 aliphatic rings. The Morgan fingerprint density at radius 2 is 2.10 bits per heavy atom. The number of hydrogen-bond donors (Lipinski definition) is 1. The van der Waals surface area contributed by atoms with Crippen LogP contribution in [-0.4, -0.2) is 23.6 Å². The van der Waals surface area contributed by atoms with Gasteiger partial charge in [-0.2, -0.15) is 0 Å². The minimum Gasteiger partial charge on any atom is -0.395 e. The molecule has 0 atom stereocenters. The van der Waals surface area contributed by atoms with Crippen LogP contribution in [-0.2, 0) is 6.42 Å². The number of benzene rings is 1. The first-order valence-electron chi connectivity index (χ1n) is 6.48. The Morgan fingerprint density at radius 3 is 2.90 bits per heavy atom. The Hall–Kier alpha value is -2.14. The van der Waals surface area contributed by atoms with Crippen LogP contribution in [0.25, 0.3) is 10.2 Å². The van der Waals surface area contributed by atoms with E-state index in [1.165, 1.54) is 0 Å². The van der Waals surface area contributed by atoms with Crippen molar-refractivity contribution in [1.29, 1.82) is 0 Å². The second-order valence-corrected chi connectivity index (χ2v) is 5.58. The van der Waals surface area contributed by atoms with Gasteiger partial charge in [-0.05, 0) is 24.3 Å². The summed E-state index contributed by atoms with van der Waals surface area (Å²) < 4.78 is 1.13. The van der Waals surface area contributed by atoms with Gasteiger partial charge in [0.25, 0.3) is 0 Å². The van der Waals surface area contributed by atoms with Gasteiger partial charge < -0.3 is 10.6 Å². The molecule has 0 spiro atoms. The molecule has 2 aromatic heterocycles. The molecule has 0 aliphatic carbocycles. The quantitative estimate of drug-likeness (QED) is 0.748. The molecule has 2 N–H and O–H groups in total. The van der Waals surface area contributed by atoms with Gasteiger partial charge in [-0.15, -0.1) is 11.3 Å². The number of thiazole rings is 1. The first-order valence-corrected chi connectivity index (χ1v) is 7.36. The molecule has 20 heavy (non-hydrogen) atoms. The predicted octanol–water partition coefficient (Wildman–Crippen LogP) is 2.95. The molecule has 0 saturated heterocycles. The number of fused-ring (bicyclic) bond motifs is 1. The largest absolute Gasteiger partial charge is 0.395 e. The van der Waals surface area contributed by atoms with Crippen LogP contribution in [0.2, 0.25) is 0 Å². The molecule has 0 fully saturated rings. The van der Waals surface area contributed by atoms with E-state index in [9.17, 15) is 0 Å². The fraction of sp³-hybridized carbons (Fsp3) is 0.200. The summed E-state index contributed by atoms with van der Waals surface area (Å²) in [6, 6.07) is 10.1. The maximum atomic E-state index is 6.22. The number of nitrogens with zero attached hydrogens (tertiary/aromatic N) is 3. The normalized spacial score (nSPS) is 10.8. The highest BCUT2D eigenvalue weighted by molar-refractivity contribution is 7.16. The van der Waals surface area contributed by atoms with Gasteiger partial charge in [-0.1, -0.05) is 6.07 Å². The molecule has 5 heteroatoms. The zero-order chi connectivity index (χ0) is 13.9. The van der Waals surface area contributed by atoms with E-state index in [-0.39, 0.29) is 0 Å². The van der Waals surface area contributed by atoms with Crippen molar-refractivity contribution < 1.29 is 0 Å². The summed E-state index contributed by atoms with van der Waals surface area (Å²) in [6.45, 7) is 0.872. The molecular formula is C15H16N4S. The van der Waals surface area contributed by atoms with Gasteiger partial charge in [0.15, 0.2) is 0 Å². The fourth-order valence-electron chi connectivity index (χ4n) is 2.22. The molecule has 1 aromatic carbocycles. The second kappa shape index (κ2) is 5.46. The van der Waals surface area contributed by atoms with Crippen LogP contribution < -0.4 is 10.6 Å². The molecule has 102 valence electrons. The number of pyridine rings is 1. The molecule has 0 bridgehead atoms. The third-order valence-electron chi connectivity index (χ3n) is 3.36. The van der Waals surface area contributed by atoms with Gasteiger partial charge in [0.2, 0.25) is 0 Å². The van der Waals surface area contributed by atoms with Crippen molar-refractivity contribution in [1.82, 2.24) is 9.97 Å². The van der Waals surface area contributed by atoms with Crippen molar-refractivity contribution in [3.05, 3.63) is 47.7 Å². The number of rotatable bonds is 4. The number of aromatic nitrogens is 2. The minimum atomic E-state index is 0.757. The van der Waals surface area contributed by atoms with Gasteiger partial charge in [0.1, 0.15) is 5.52 Å². The van der Waals surface area contributed by atoms with Gasteiger partial charge in [0.05, 0.1) is 21.6 Å². The number of anilines is 2. The molecule has 4 nitrogen and oxygen atoms in total. The Bertz CT molecular complexity index is 708. The maximum Gasteiger partial charge on any atom is 0.106 e. The smallest absolute Gasteiger partial charge is 0.106 e. The topological polar surface area (TPSA) is 55.0 Å². The third-order valence-corrected chi connectivity index (χ3v) is 4.15. The summed E-state index contributed by atoms with van der Waals surface area (Å²) in [5, 5.41) is 0. The summed E-state index contributed by atoms with van der Waals surface area (Å²) in [6.07, 6.45) is 2.72. The van der Waals surface area contributed by atoms with Gasteiger partial charge in [0, 0.05) is 31.9 Å². The average molecular weight is 284 g/mol. The van der Waals surface area contributed by atoms with Crippen LogP contribution in [0.5, 0.6) is 0 Å². The Labute approximate surface area is 121 Å². The van der Waals surface area contributed by atoms with E-state index in [0.29, 0.717) is 0 Å². The lowest BCUT2D eigenvalue weighted by Gasteiger charge is -2.21. The first-order chi connectivity index (χ1) is 9.75. The Balaban J connectivity index is 1.78. The van der Waals surface area contributed by atoms with Crippen LogP contribution in [0, 0.1) is 0 Å². The summed E-state index contributed by atoms with van der Waals surface area (Å²) in [5.41, 5.74) is 11.8. The van der Waals surface area contributed by atoms with Crippen LogP contribution in [0.4, 0.5) is 11.4 Å². The SMILES string of the molecule is CN(CCc1ccccn1)c1ccc2scnc2c1N. The van der Waals surface area contributed by atoms with Crippen LogP contribution >= 0.6 is 11.3 Å². The first kappa shape index (κ1) is 12.9. The van der Waals surface area contributed by atoms with Crippen LogP contribution in [0.3, 0.4) is 0 Å². The summed E-state index contributed by atoms with van der Waals surface area (Å²) >= 11 is 1.61. The van der Waals surface area contributed by atoms with E-state index in [1.54, 1.807) is 11.3 Å². The Kier molecular flexibility index (Phi) is 3.52. The zero-order valence-corrected chi connectivity index (χ0v) is 12.1. The summed E-state index contributed by atoms with van der Waals surface area (Å²) in [5.74, 6) is 0. The molecule has 2 heterocycles. The van der Waals surface area contributed by atoms with Crippen molar-refractivity contribution in [2.24, 2.45) is 0 Å². The van der Waals surface area contributed by atoms with Crippen molar-refractivity contribution >= 4 is 32.9 Å². The third kappa shape index (κ3) is 2.44. The second-order valence-electron chi connectivity index (χ2n) is 4.69. The van der Waals surface area contributed by atoms with E-state index in [4.69, 9.17) is 5.73 Å². The van der Waals surface area contributed by atoms with E-state index < -0.39 is 0 Å². The molecular weight excluding hydrogens is 268 g/mol. The van der Waals surface area contributed by atoms with Crippen molar-refractivity contribution in [2.75, 3.05) is 24.2 Å². The highest BCUT2D eigenvalue weighted by atomic mass is 32.1. The number of nitrogens with two attached hydrogens (primary N) is 1. The molecule has 0 aliphatic heterocycles. The zero-order valence-electron chi connectivity index (χ0n) is 11.3. The van der Waals surface area contributed by atoms with Crippen molar-refractivity contribution in [2.45, 2.75) is 6.42 Å². The standard InChI is InChI=1S/C15H16N4S/c1-19(9-7-11-4-2-3-8-17-11)12-5-6-13-15(14(12)16)18-10-20-13/h2-6,8,10H,7,9,16H2,1H3. The van der Waals surface area contributed by atoms with Crippen LogP contribution in [0.1, 0.15) is 5.69 Å². The van der Waals surface area contributed by atoms with E-state index in [1.807, 2.05) is 37.0 Å². The molecule has 3 aromatic rings. The Morgan fingerprint density at radius 1 is 1.20 bits per heavy atom. The monoisotopic (exact) mass is 284 g/mol. The van der Waals surface area contributed by atoms with Crippen LogP contribution in [0.15, 0.2) is 42.0 Å². The average Bonchev–Trinajstić information content (AvgIpc) is 2.96. The summed E-state index contributed by atoms with van der Waals surface area (Å²) in [7, 11) is 2.05. The van der Waals surface area contributed by atoms with Gasteiger partial charge >= 0.3 is 0 Å². The van der Waals surface area contributed by atoms with Crippen molar-refractivity contribution in [3.63, 3.8) is 0 Å². The molecule has 3 rings (SSSR count). The number of nitrogen functional groups attached to an aromatic ring is 1. The lowest BCUT2D eigenvalue weighted by Crippen LogP contribution is -2.21. The number of hydrogen-bond acceptors (Lipinski definition) is 5. The van der Waals surface area contributed by atoms with Crippen molar-refractivity contribution in [3.8, 4) is 0 Å². The molecule has 0 saturated carbocycles. The molecule has 0 radical (unpaired) electrons. The predicted molar refractivity (Wildman–Crippen MR) is 85.2 cm³/mol. The highest BCUT2D eigenvalue weighted by Gasteiger charge is 2.10. The number of likely N-dealkylation sites (N-methyl/N-ethyl adjacent to an activating group) is 1. The minimum absolute atomic E-state index is 0.757. The lowest BCUT2D eigenvalue weighted by atomic mass is 10.2. The summed E-state index contributed by atoms with van der Waals surface area (Å²) in [4.78, 5) is 10.8. The van der Waals surface area contributed by atoms with E-state index >= 15 is 0 Å². The van der Waals surface area contributed by atoms with Gasteiger partial charge in [-0.3, -0.25) is 4.98 Å². The molecule has 0 amide bonds. The highest BCUT2D eigenvalue weighted by Crippen LogP contribution is 2.31. The van der Waals surface area contributed by atoms with E-state index in [2.05, 4.69) is 27.0 Å². The lowest BCUT2D eigenvalue weighted by molar-refractivity contribution is 0.854. The van der Waals surface area contributed by atoms with Gasteiger partial charge in [-0.25, -0.2) is 4.98 Å².